The lowest BCUT2D eigenvalue weighted by atomic mass is 10.1. The van der Waals surface area contributed by atoms with E-state index in [1.807, 2.05) is 0 Å². The molecule has 0 aliphatic heterocycles. The second-order valence-electron chi connectivity index (χ2n) is 3.44. The second kappa shape index (κ2) is 4.63. The summed E-state index contributed by atoms with van der Waals surface area (Å²) in [6, 6.07) is 0. The van der Waals surface area contributed by atoms with Crippen LogP contribution in [-0.2, 0) is 9.84 Å². The molecule has 0 unspecified atom stereocenters. The van der Waals surface area contributed by atoms with Crippen LogP contribution in [0.25, 0.3) is 0 Å². The molecule has 9 heteroatoms. The molecule has 100 valence electrons. The van der Waals surface area contributed by atoms with Crippen molar-refractivity contribution in [1.29, 1.82) is 0 Å². The summed E-state index contributed by atoms with van der Waals surface area (Å²) in [5.74, 6) is -14.8. The minimum absolute atomic E-state index is 0.580. The lowest BCUT2D eigenvalue weighted by Gasteiger charge is -2.06. The van der Waals surface area contributed by atoms with Gasteiger partial charge in [-0.25, -0.2) is 30.4 Å². The third-order valence-electron chi connectivity index (χ3n) is 1.88. The maximum absolute atomic E-state index is 13.1. The van der Waals surface area contributed by atoms with Gasteiger partial charge >= 0.3 is 0 Å². The van der Waals surface area contributed by atoms with Crippen LogP contribution < -0.4 is 0 Å². The van der Waals surface area contributed by atoms with Crippen LogP contribution in [0.4, 0.5) is 22.0 Å². The molecule has 0 aliphatic rings. The van der Waals surface area contributed by atoms with E-state index in [-0.39, 0.29) is 0 Å². The molecule has 1 aromatic carbocycles. The summed E-state index contributed by atoms with van der Waals surface area (Å²) >= 11 is 0. The van der Waals surface area contributed by atoms with Crippen molar-refractivity contribution in [3.8, 4) is 0 Å². The maximum Gasteiger partial charge on any atom is 0.200 e. The van der Waals surface area contributed by atoms with E-state index in [0.717, 1.165) is 0 Å². The first-order chi connectivity index (χ1) is 8.06. The van der Waals surface area contributed by atoms with E-state index in [0.29, 0.717) is 6.26 Å². The van der Waals surface area contributed by atoms with Gasteiger partial charge in [-0.05, 0) is 0 Å². The smallest absolute Gasteiger partial charge is 0.200 e. The highest BCUT2D eigenvalue weighted by Gasteiger charge is 2.30. The molecule has 18 heavy (non-hydrogen) atoms. The van der Waals surface area contributed by atoms with Gasteiger partial charge in [-0.3, -0.25) is 4.79 Å². The van der Waals surface area contributed by atoms with Gasteiger partial charge in [-0.15, -0.1) is 0 Å². The molecule has 0 spiro atoms. The number of halogens is 5. The molecule has 0 atom stereocenters. The van der Waals surface area contributed by atoms with E-state index in [1.54, 1.807) is 0 Å². The Morgan fingerprint density at radius 1 is 0.889 bits per heavy atom. The minimum atomic E-state index is -3.96. The fraction of sp³-hybridized carbons (Fsp3) is 0.222. The van der Waals surface area contributed by atoms with Crippen LogP contribution in [-0.4, -0.2) is 26.2 Å². The van der Waals surface area contributed by atoms with Gasteiger partial charge in [-0.1, -0.05) is 0 Å². The first-order valence-electron chi connectivity index (χ1n) is 4.28. The molecule has 3 nitrogen and oxygen atoms in total. The zero-order valence-electron chi connectivity index (χ0n) is 8.73. The van der Waals surface area contributed by atoms with Crippen molar-refractivity contribution in [2.24, 2.45) is 0 Å². The fourth-order valence-electron chi connectivity index (χ4n) is 1.16. The first-order valence-corrected chi connectivity index (χ1v) is 6.34. The zero-order valence-corrected chi connectivity index (χ0v) is 9.55. The molecule has 0 aliphatic carbocycles. The number of Topliss-reactive ketones (excluding diaryl/α,β-unsaturated/α-hetero) is 1. The van der Waals surface area contributed by atoms with Gasteiger partial charge in [0.15, 0.2) is 38.9 Å². The van der Waals surface area contributed by atoms with E-state index in [2.05, 4.69) is 0 Å². The van der Waals surface area contributed by atoms with E-state index in [9.17, 15) is 35.2 Å². The minimum Gasteiger partial charge on any atom is -0.293 e. The van der Waals surface area contributed by atoms with Gasteiger partial charge in [0.25, 0.3) is 0 Å². The monoisotopic (exact) mass is 288 g/mol. The number of carbonyl (C=O) groups is 1. The van der Waals surface area contributed by atoms with Crippen molar-refractivity contribution in [2.45, 2.75) is 0 Å². The average Bonchev–Trinajstić information content (AvgIpc) is 2.21. The normalized spacial score (nSPS) is 11.7. The average molecular weight is 288 g/mol. The van der Waals surface area contributed by atoms with Gasteiger partial charge < -0.3 is 0 Å². The largest absolute Gasteiger partial charge is 0.293 e. The molecule has 0 saturated carbocycles. The summed E-state index contributed by atoms with van der Waals surface area (Å²) in [6.45, 7) is 0. The van der Waals surface area contributed by atoms with Crippen molar-refractivity contribution < 1.29 is 35.2 Å². The number of hydrogen-bond donors (Lipinski definition) is 0. The summed E-state index contributed by atoms with van der Waals surface area (Å²) in [5.41, 5.74) is -1.75. The highest BCUT2D eigenvalue weighted by Crippen LogP contribution is 2.23. The van der Waals surface area contributed by atoms with Crippen LogP contribution in [0.2, 0.25) is 0 Å². The molecule has 0 bridgehead atoms. The van der Waals surface area contributed by atoms with Crippen LogP contribution in [0, 0.1) is 29.1 Å². The van der Waals surface area contributed by atoms with E-state index in [1.165, 1.54) is 0 Å². The fourth-order valence-corrected chi connectivity index (χ4v) is 1.78. The summed E-state index contributed by atoms with van der Waals surface area (Å²) in [4.78, 5) is 11.2. The molecule has 0 fully saturated rings. The van der Waals surface area contributed by atoms with Crippen molar-refractivity contribution in [3.05, 3.63) is 34.6 Å². The lowest BCUT2D eigenvalue weighted by molar-refractivity contribution is 0.101. The number of rotatable bonds is 3. The Morgan fingerprint density at radius 2 is 1.22 bits per heavy atom. The maximum atomic E-state index is 13.1. The number of sulfone groups is 1. The van der Waals surface area contributed by atoms with E-state index >= 15 is 0 Å². The third-order valence-corrected chi connectivity index (χ3v) is 2.67. The van der Waals surface area contributed by atoms with Crippen molar-refractivity contribution in [2.75, 3.05) is 12.0 Å². The Morgan fingerprint density at radius 3 is 1.56 bits per heavy atom. The molecular weight excluding hydrogens is 283 g/mol. The third kappa shape index (κ3) is 2.66. The number of carbonyl (C=O) groups excluding carboxylic acids is 1. The quantitative estimate of drug-likeness (QED) is 0.367. The second-order valence-corrected chi connectivity index (χ2v) is 5.58. The molecule has 0 aromatic heterocycles. The topological polar surface area (TPSA) is 51.2 Å². The summed E-state index contributed by atoms with van der Waals surface area (Å²) < 4.78 is 85.8. The van der Waals surface area contributed by atoms with E-state index < -0.39 is 56.0 Å². The highest BCUT2D eigenvalue weighted by atomic mass is 32.2. The summed E-state index contributed by atoms with van der Waals surface area (Å²) in [6.07, 6.45) is 0.580. The van der Waals surface area contributed by atoms with Crippen LogP contribution >= 0.6 is 0 Å². The highest BCUT2D eigenvalue weighted by molar-refractivity contribution is 7.91. The Kier molecular flexibility index (Phi) is 3.75. The van der Waals surface area contributed by atoms with Crippen molar-refractivity contribution >= 4 is 15.6 Å². The molecule has 1 rings (SSSR count). The molecule has 0 radical (unpaired) electrons. The van der Waals surface area contributed by atoms with Crippen LogP contribution in [0.5, 0.6) is 0 Å². The lowest BCUT2D eigenvalue weighted by Crippen LogP contribution is -2.20. The standard InChI is InChI=1S/C9H5F5O3S/c1-18(16,17)2-3(15)4-5(10)7(12)9(14)8(13)6(4)11/h2H2,1H3. The zero-order chi connectivity index (χ0) is 14.2. The number of ketones is 1. The van der Waals surface area contributed by atoms with Gasteiger partial charge in [-0.2, -0.15) is 0 Å². The predicted octanol–water partition coefficient (Wildman–Crippen LogP) is 1.61. The Balaban J connectivity index is 3.47. The van der Waals surface area contributed by atoms with Gasteiger partial charge in [0, 0.05) is 6.26 Å². The van der Waals surface area contributed by atoms with E-state index in [4.69, 9.17) is 0 Å². The number of hydrogen-bond acceptors (Lipinski definition) is 3. The Bertz CT molecular complexity index is 595. The molecule has 0 saturated heterocycles. The van der Waals surface area contributed by atoms with Gasteiger partial charge in [0.05, 0.1) is 5.56 Å². The summed E-state index contributed by atoms with van der Waals surface area (Å²) in [7, 11) is -3.96. The van der Waals surface area contributed by atoms with Crippen LogP contribution in [0.15, 0.2) is 0 Å². The Hall–Kier alpha value is -1.51. The van der Waals surface area contributed by atoms with Crippen LogP contribution in [0.3, 0.4) is 0 Å². The molecule has 1 aromatic rings. The van der Waals surface area contributed by atoms with Gasteiger partial charge in [0.2, 0.25) is 5.82 Å². The molecular formula is C9H5F5O3S. The molecule has 0 heterocycles. The van der Waals surface area contributed by atoms with Crippen molar-refractivity contribution in [1.82, 2.24) is 0 Å². The molecule has 0 amide bonds. The van der Waals surface area contributed by atoms with Crippen LogP contribution in [0.1, 0.15) is 10.4 Å². The number of benzene rings is 1. The predicted molar refractivity (Wildman–Crippen MR) is 50.3 cm³/mol. The SMILES string of the molecule is CS(=O)(=O)CC(=O)c1c(F)c(F)c(F)c(F)c1F. The summed E-state index contributed by atoms with van der Waals surface area (Å²) in [5, 5.41) is 0. The molecule has 0 N–H and O–H groups in total. The van der Waals surface area contributed by atoms with Gasteiger partial charge in [0.1, 0.15) is 5.75 Å². The Labute approximate surface area is 98.1 Å². The van der Waals surface area contributed by atoms with Crippen molar-refractivity contribution in [3.63, 3.8) is 0 Å². The first kappa shape index (κ1) is 14.6.